The lowest BCUT2D eigenvalue weighted by Crippen LogP contribution is -2.33. The van der Waals surface area contributed by atoms with E-state index in [1.165, 1.54) is 5.56 Å². The third-order valence-corrected chi connectivity index (χ3v) is 5.87. The molecule has 0 radical (unpaired) electrons. The first-order valence-corrected chi connectivity index (χ1v) is 9.66. The predicted molar refractivity (Wildman–Crippen MR) is 94.4 cm³/mol. The Labute approximate surface area is 152 Å². The highest BCUT2D eigenvalue weighted by molar-refractivity contribution is 5.91. The number of rotatable bonds is 5. The van der Waals surface area contributed by atoms with Crippen LogP contribution in [0.15, 0.2) is 12.4 Å². The summed E-state index contributed by atoms with van der Waals surface area (Å²) in [7, 11) is 0. The van der Waals surface area contributed by atoms with Crippen LogP contribution in [0.4, 0.5) is 0 Å². The van der Waals surface area contributed by atoms with Crippen molar-refractivity contribution in [2.75, 3.05) is 13.1 Å². The minimum absolute atomic E-state index is 0.0634. The van der Waals surface area contributed by atoms with E-state index in [1.54, 1.807) is 0 Å². The molecule has 0 aromatic carbocycles. The maximum absolute atomic E-state index is 12.4. The van der Waals surface area contributed by atoms with Crippen LogP contribution in [0.1, 0.15) is 41.8 Å². The van der Waals surface area contributed by atoms with Crippen LogP contribution in [-0.2, 0) is 26.1 Å². The molecular weight excluding hydrogens is 330 g/mol. The van der Waals surface area contributed by atoms with Crippen LogP contribution in [0.2, 0.25) is 0 Å². The Bertz CT molecular complexity index is 821. The summed E-state index contributed by atoms with van der Waals surface area (Å²) < 4.78 is 4.03. The molecule has 2 fully saturated rings. The summed E-state index contributed by atoms with van der Waals surface area (Å²) in [6.07, 6.45) is 7.19. The van der Waals surface area contributed by atoms with Gasteiger partial charge < -0.3 is 9.88 Å². The largest absolute Gasteiger partial charge is 0.347 e. The van der Waals surface area contributed by atoms with E-state index in [0.29, 0.717) is 23.7 Å². The smallest absolute Gasteiger partial charge is 0.289 e. The van der Waals surface area contributed by atoms with Crippen molar-refractivity contribution in [1.29, 1.82) is 0 Å². The van der Waals surface area contributed by atoms with Crippen LogP contribution in [-0.4, -0.2) is 54.5 Å². The number of carbonyl (C=O) groups excluding carboxylic acids is 1. The first-order valence-electron chi connectivity index (χ1n) is 9.66. The maximum Gasteiger partial charge on any atom is 0.289 e. The Hall–Kier alpha value is -2.22. The minimum Gasteiger partial charge on any atom is -0.347 e. The number of fused-ring (bicyclic) bond motifs is 2. The monoisotopic (exact) mass is 355 g/mol. The van der Waals surface area contributed by atoms with Crippen molar-refractivity contribution in [3.8, 4) is 0 Å². The number of aryl methyl sites for hydroxylation is 1. The van der Waals surface area contributed by atoms with E-state index in [-0.39, 0.29) is 5.91 Å². The van der Waals surface area contributed by atoms with Crippen LogP contribution >= 0.6 is 0 Å². The second-order valence-electron chi connectivity index (χ2n) is 7.92. The second kappa shape index (κ2) is 6.19. The molecule has 0 spiro atoms. The molecule has 1 saturated carbocycles. The Morgan fingerprint density at radius 2 is 2.08 bits per heavy atom. The average molecular weight is 355 g/mol. The lowest BCUT2D eigenvalue weighted by molar-refractivity contribution is 0.0932. The molecule has 4 heterocycles. The number of likely N-dealkylation sites (tertiary alicyclic amines) is 1. The molecule has 2 aliphatic heterocycles. The van der Waals surface area contributed by atoms with Gasteiger partial charge in [0.1, 0.15) is 5.82 Å². The van der Waals surface area contributed by atoms with Gasteiger partial charge in [0.15, 0.2) is 0 Å². The van der Waals surface area contributed by atoms with E-state index in [1.807, 2.05) is 10.9 Å². The van der Waals surface area contributed by atoms with Gasteiger partial charge in [-0.25, -0.2) is 0 Å². The molecule has 1 amide bonds. The van der Waals surface area contributed by atoms with Gasteiger partial charge in [-0.05, 0) is 31.6 Å². The van der Waals surface area contributed by atoms with Gasteiger partial charge in [-0.15, -0.1) is 10.2 Å². The van der Waals surface area contributed by atoms with Crippen LogP contribution in [0.3, 0.4) is 0 Å². The second-order valence-corrected chi connectivity index (χ2v) is 7.92. The first-order chi connectivity index (χ1) is 12.7. The standard InChI is InChI=1S/C18H25N7O/c1-2-24-8-12(6-19-24)7-23-9-13-5-16-21-22-17(18(26)20-15-3-4-15)25(16)11-14(13)10-23/h6,8,13-15H,2-5,7,9-11H2,1H3,(H,20,26)/t13-,14+/m1/s1. The molecule has 0 unspecified atom stereocenters. The molecule has 1 aliphatic carbocycles. The third-order valence-electron chi connectivity index (χ3n) is 5.87. The van der Waals surface area contributed by atoms with Gasteiger partial charge >= 0.3 is 0 Å². The Morgan fingerprint density at radius 1 is 1.23 bits per heavy atom. The number of hydrogen-bond donors (Lipinski definition) is 1. The zero-order valence-electron chi connectivity index (χ0n) is 15.1. The zero-order valence-corrected chi connectivity index (χ0v) is 15.1. The van der Waals surface area contributed by atoms with Crippen molar-refractivity contribution in [3.63, 3.8) is 0 Å². The van der Waals surface area contributed by atoms with Crippen molar-refractivity contribution in [3.05, 3.63) is 29.6 Å². The average Bonchev–Trinajstić information content (AvgIpc) is 3.04. The zero-order chi connectivity index (χ0) is 17.7. The normalized spacial score (nSPS) is 25.1. The summed E-state index contributed by atoms with van der Waals surface area (Å²) in [6.45, 7) is 6.95. The highest BCUT2D eigenvalue weighted by Gasteiger charge is 2.39. The molecule has 138 valence electrons. The fourth-order valence-corrected chi connectivity index (χ4v) is 4.32. The summed E-state index contributed by atoms with van der Waals surface area (Å²) in [5, 5.41) is 15.9. The Morgan fingerprint density at radius 3 is 2.85 bits per heavy atom. The molecule has 8 heteroatoms. The fraction of sp³-hybridized carbons (Fsp3) is 0.667. The van der Waals surface area contributed by atoms with Crippen molar-refractivity contribution in [2.45, 2.75) is 51.9 Å². The van der Waals surface area contributed by atoms with Gasteiger partial charge in [-0.1, -0.05) is 0 Å². The third kappa shape index (κ3) is 2.92. The SMILES string of the molecule is CCn1cc(CN2C[C@H]3Cc4nnc(C(=O)NC5CC5)n4C[C@@H]3C2)cn1. The summed E-state index contributed by atoms with van der Waals surface area (Å²) in [6, 6.07) is 0.345. The lowest BCUT2D eigenvalue weighted by atomic mass is 9.89. The van der Waals surface area contributed by atoms with E-state index >= 15 is 0 Å². The number of aromatic nitrogens is 5. The van der Waals surface area contributed by atoms with Crippen LogP contribution in [0.5, 0.6) is 0 Å². The summed E-state index contributed by atoms with van der Waals surface area (Å²) >= 11 is 0. The quantitative estimate of drug-likeness (QED) is 0.854. The van der Waals surface area contributed by atoms with Gasteiger partial charge in [0.25, 0.3) is 5.91 Å². The van der Waals surface area contributed by atoms with Crippen molar-refractivity contribution in [2.24, 2.45) is 11.8 Å². The molecule has 2 atom stereocenters. The van der Waals surface area contributed by atoms with Crippen molar-refractivity contribution in [1.82, 2.24) is 34.8 Å². The summed E-state index contributed by atoms with van der Waals surface area (Å²) in [5.74, 6) is 2.56. The number of amides is 1. The van der Waals surface area contributed by atoms with Gasteiger partial charge in [-0.2, -0.15) is 5.10 Å². The highest BCUT2D eigenvalue weighted by Crippen LogP contribution is 2.33. The number of nitrogens with zero attached hydrogens (tertiary/aromatic N) is 6. The molecule has 3 aliphatic rings. The van der Waals surface area contributed by atoms with Gasteiger partial charge in [-0.3, -0.25) is 14.4 Å². The molecule has 0 bridgehead atoms. The molecule has 26 heavy (non-hydrogen) atoms. The molecule has 5 rings (SSSR count). The van der Waals surface area contributed by atoms with Crippen molar-refractivity contribution < 1.29 is 4.79 Å². The van der Waals surface area contributed by atoms with E-state index in [4.69, 9.17) is 0 Å². The molecule has 2 aromatic rings. The topological polar surface area (TPSA) is 80.9 Å². The van der Waals surface area contributed by atoms with Gasteiger partial charge in [0.05, 0.1) is 6.20 Å². The lowest BCUT2D eigenvalue weighted by Gasteiger charge is -2.25. The summed E-state index contributed by atoms with van der Waals surface area (Å²) in [4.78, 5) is 14.9. The molecule has 8 nitrogen and oxygen atoms in total. The first kappa shape index (κ1) is 16.0. The molecule has 2 aromatic heterocycles. The molecular formula is C18H25N7O. The predicted octanol–water partition coefficient (Wildman–Crippen LogP) is 0.691. The Kier molecular flexibility index (Phi) is 3.81. The van der Waals surface area contributed by atoms with E-state index in [0.717, 1.165) is 57.8 Å². The van der Waals surface area contributed by atoms with Crippen LogP contribution in [0, 0.1) is 11.8 Å². The van der Waals surface area contributed by atoms with Crippen LogP contribution < -0.4 is 5.32 Å². The number of carbonyl (C=O) groups is 1. The molecule has 1 N–H and O–H groups in total. The van der Waals surface area contributed by atoms with E-state index in [2.05, 4.69) is 43.2 Å². The maximum atomic E-state index is 12.4. The fourth-order valence-electron chi connectivity index (χ4n) is 4.32. The molecule has 1 saturated heterocycles. The minimum atomic E-state index is -0.0634. The van der Waals surface area contributed by atoms with Crippen molar-refractivity contribution >= 4 is 5.91 Å². The highest BCUT2D eigenvalue weighted by atomic mass is 16.2. The van der Waals surface area contributed by atoms with E-state index < -0.39 is 0 Å². The van der Waals surface area contributed by atoms with Crippen LogP contribution in [0.25, 0.3) is 0 Å². The number of nitrogens with one attached hydrogen (secondary N) is 1. The van der Waals surface area contributed by atoms with E-state index in [9.17, 15) is 4.79 Å². The van der Waals surface area contributed by atoms with Gasteiger partial charge in [0, 0.05) is 56.9 Å². The van der Waals surface area contributed by atoms with Gasteiger partial charge in [0.2, 0.25) is 5.82 Å². The summed E-state index contributed by atoms with van der Waals surface area (Å²) in [5.41, 5.74) is 1.27. The number of hydrogen-bond acceptors (Lipinski definition) is 5. The Balaban J connectivity index is 1.26.